The van der Waals surface area contributed by atoms with Crippen molar-refractivity contribution in [3.63, 3.8) is 0 Å². The first-order valence-corrected chi connectivity index (χ1v) is 6.03. The van der Waals surface area contributed by atoms with E-state index < -0.39 is 0 Å². The van der Waals surface area contributed by atoms with E-state index in [-0.39, 0.29) is 0 Å². The van der Waals surface area contributed by atoms with Gasteiger partial charge in [-0.3, -0.25) is 0 Å². The third kappa shape index (κ3) is 1.24. The minimum absolute atomic E-state index is 1.08. The van der Waals surface area contributed by atoms with Crippen LogP contribution in [0.4, 0.5) is 0 Å². The highest BCUT2D eigenvalue weighted by Crippen LogP contribution is 2.30. The lowest BCUT2D eigenvalue weighted by Crippen LogP contribution is -1.84. The SMILES string of the molecule is C1=Cc2cc3c(ccc4ccccc43)cc2C1. The molecule has 4 rings (SSSR count). The molecule has 0 unspecified atom stereocenters. The molecular formula is C17H12. The Labute approximate surface area is 100 Å². The molecule has 0 aromatic heterocycles. The van der Waals surface area contributed by atoms with Crippen LogP contribution in [0.1, 0.15) is 11.1 Å². The number of benzene rings is 3. The molecule has 80 valence electrons. The molecular weight excluding hydrogens is 204 g/mol. The number of rotatable bonds is 0. The van der Waals surface area contributed by atoms with Gasteiger partial charge < -0.3 is 0 Å². The predicted octanol–water partition coefficient (Wildman–Crippen LogP) is 4.56. The van der Waals surface area contributed by atoms with Crippen molar-refractivity contribution in [3.8, 4) is 0 Å². The van der Waals surface area contributed by atoms with Crippen LogP contribution < -0.4 is 0 Å². The van der Waals surface area contributed by atoms with Gasteiger partial charge in [-0.05, 0) is 45.2 Å². The number of allylic oxidation sites excluding steroid dienone is 1. The topological polar surface area (TPSA) is 0 Å². The van der Waals surface area contributed by atoms with Crippen LogP contribution in [-0.2, 0) is 6.42 Å². The number of hydrogen-bond acceptors (Lipinski definition) is 0. The maximum Gasteiger partial charge on any atom is -0.00880 e. The minimum Gasteiger partial charge on any atom is -0.0795 e. The molecule has 0 saturated carbocycles. The van der Waals surface area contributed by atoms with Crippen molar-refractivity contribution in [3.05, 3.63) is 65.7 Å². The Morgan fingerprint density at radius 2 is 1.65 bits per heavy atom. The van der Waals surface area contributed by atoms with Crippen LogP contribution >= 0.6 is 0 Å². The highest BCUT2D eigenvalue weighted by molar-refractivity contribution is 6.08. The molecule has 0 spiro atoms. The quantitative estimate of drug-likeness (QED) is 0.483. The van der Waals surface area contributed by atoms with Gasteiger partial charge in [0.25, 0.3) is 0 Å². The number of hydrogen-bond donors (Lipinski definition) is 0. The molecule has 0 N–H and O–H groups in total. The second kappa shape index (κ2) is 3.21. The predicted molar refractivity (Wildman–Crippen MR) is 74.2 cm³/mol. The van der Waals surface area contributed by atoms with E-state index in [1.807, 2.05) is 0 Å². The molecule has 3 aromatic carbocycles. The second-order valence-electron chi connectivity index (χ2n) is 4.67. The fourth-order valence-electron chi connectivity index (χ4n) is 2.76. The average Bonchev–Trinajstić information content (AvgIpc) is 2.83. The molecule has 0 aliphatic heterocycles. The fraction of sp³-hybridized carbons (Fsp3) is 0.0588. The molecule has 1 aliphatic carbocycles. The molecule has 0 heterocycles. The highest BCUT2D eigenvalue weighted by Gasteiger charge is 2.08. The van der Waals surface area contributed by atoms with E-state index in [2.05, 4.69) is 60.7 Å². The van der Waals surface area contributed by atoms with Gasteiger partial charge in [-0.25, -0.2) is 0 Å². The Morgan fingerprint density at radius 1 is 0.765 bits per heavy atom. The molecule has 0 amide bonds. The zero-order chi connectivity index (χ0) is 11.2. The van der Waals surface area contributed by atoms with Crippen LogP contribution in [0, 0.1) is 0 Å². The van der Waals surface area contributed by atoms with Crippen molar-refractivity contribution in [2.75, 3.05) is 0 Å². The van der Waals surface area contributed by atoms with Crippen molar-refractivity contribution in [2.24, 2.45) is 0 Å². The van der Waals surface area contributed by atoms with Gasteiger partial charge in [0.2, 0.25) is 0 Å². The Bertz CT molecular complexity index is 763. The van der Waals surface area contributed by atoms with Gasteiger partial charge in [-0.1, -0.05) is 54.6 Å². The van der Waals surface area contributed by atoms with Crippen molar-refractivity contribution in [1.82, 2.24) is 0 Å². The van der Waals surface area contributed by atoms with Gasteiger partial charge in [0, 0.05) is 0 Å². The zero-order valence-corrected chi connectivity index (χ0v) is 9.48. The monoisotopic (exact) mass is 216 g/mol. The first-order valence-electron chi connectivity index (χ1n) is 6.03. The smallest absolute Gasteiger partial charge is 0.00880 e. The fourth-order valence-corrected chi connectivity index (χ4v) is 2.76. The largest absolute Gasteiger partial charge is 0.0795 e. The molecule has 0 fully saturated rings. The van der Waals surface area contributed by atoms with Gasteiger partial charge in [-0.2, -0.15) is 0 Å². The summed E-state index contributed by atoms with van der Waals surface area (Å²) in [4.78, 5) is 0. The molecule has 0 heteroatoms. The molecule has 0 bridgehead atoms. The van der Waals surface area contributed by atoms with E-state index in [1.54, 1.807) is 0 Å². The van der Waals surface area contributed by atoms with Crippen molar-refractivity contribution >= 4 is 27.6 Å². The molecule has 0 saturated heterocycles. The summed E-state index contributed by atoms with van der Waals surface area (Å²) >= 11 is 0. The van der Waals surface area contributed by atoms with Crippen LogP contribution in [-0.4, -0.2) is 0 Å². The van der Waals surface area contributed by atoms with Gasteiger partial charge in [-0.15, -0.1) is 0 Å². The third-order valence-corrected chi connectivity index (χ3v) is 3.64. The third-order valence-electron chi connectivity index (χ3n) is 3.64. The maximum absolute atomic E-state index is 2.33. The van der Waals surface area contributed by atoms with Crippen molar-refractivity contribution in [1.29, 1.82) is 0 Å². The zero-order valence-electron chi connectivity index (χ0n) is 9.48. The van der Waals surface area contributed by atoms with E-state index in [4.69, 9.17) is 0 Å². The molecule has 3 aromatic rings. The van der Waals surface area contributed by atoms with Crippen LogP contribution in [0.3, 0.4) is 0 Å². The van der Waals surface area contributed by atoms with E-state index >= 15 is 0 Å². The van der Waals surface area contributed by atoms with E-state index in [0.717, 1.165) is 6.42 Å². The summed E-state index contributed by atoms with van der Waals surface area (Å²) in [6.07, 6.45) is 5.56. The molecule has 0 radical (unpaired) electrons. The Hall–Kier alpha value is -2.08. The summed E-state index contributed by atoms with van der Waals surface area (Å²) in [5.41, 5.74) is 2.83. The van der Waals surface area contributed by atoms with Gasteiger partial charge >= 0.3 is 0 Å². The lowest BCUT2D eigenvalue weighted by atomic mass is 9.98. The Kier molecular flexibility index (Phi) is 1.70. The van der Waals surface area contributed by atoms with Crippen molar-refractivity contribution < 1.29 is 0 Å². The maximum atomic E-state index is 2.33. The summed E-state index contributed by atoms with van der Waals surface area (Å²) in [6.45, 7) is 0. The molecule has 17 heavy (non-hydrogen) atoms. The highest BCUT2D eigenvalue weighted by atomic mass is 14.1. The summed E-state index contributed by atoms with van der Waals surface area (Å²) in [5.74, 6) is 0. The molecule has 1 aliphatic rings. The second-order valence-corrected chi connectivity index (χ2v) is 4.67. The van der Waals surface area contributed by atoms with E-state index in [0.29, 0.717) is 0 Å². The van der Waals surface area contributed by atoms with Crippen LogP contribution in [0.2, 0.25) is 0 Å². The van der Waals surface area contributed by atoms with Crippen LogP contribution in [0.25, 0.3) is 27.6 Å². The van der Waals surface area contributed by atoms with E-state index in [1.165, 1.54) is 32.7 Å². The summed E-state index contributed by atoms with van der Waals surface area (Å²) < 4.78 is 0. The number of fused-ring (bicyclic) bond motifs is 4. The molecule has 0 atom stereocenters. The van der Waals surface area contributed by atoms with Crippen molar-refractivity contribution in [2.45, 2.75) is 6.42 Å². The lowest BCUT2D eigenvalue weighted by Gasteiger charge is -2.07. The normalized spacial score (nSPS) is 13.4. The Morgan fingerprint density at radius 3 is 2.65 bits per heavy atom. The summed E-state index contributed by atoms with van der Waals surface area (Å²) in [7, 11) is 0. The van der Waals surface area contributed by atoms with Gasteiger partial charge in [0.15, 0.2) is 0 Å². The van der Waals surface area contributed by atoms with E-state index in [9.17, 15) is 0 Å². The average molecular weight is 216 g/mol. The van der Waals surface area contributed by atoms with Gasteiger partial charge in [0.05, 0.1) is 0 Å². The minimum atomic E-state index is 1.08. The van der Waals surface area contributed by atoms with Crippen LogP contribution in [0.5, 0.6) is 0 Å². The molecule has 0 nitrogen and oxygen atoms in total. The first-order chi connectivity index (χ1) is 8.42. The summed E-state index contributed by atoms with van der Waals surface area (Å²) in [5, 5.41) is 5.40. The first kappa shape index (κ1) is 9.00. The summed E-state index contributed by atoms with van der Waals surface area (Å²) in [6, 6.07) is 17.7. The standard InChI is InChI=1S/C17H12/c1-2-7-16-12(4-1)8-9-15-10-13-5-3-6-14(13)11-17(15)16/h1-4,6-11H,5H2. The Balaban J connectivity index is 2.21. The van der Waals surface area contributed by atoms with Crippen LogP contribution in [0.15, 0.2) is 54.6 Å². The van der Waals surface area contributed by atoms with Gasteiger partial charge in [0.1, 0.15) is 0 Å². The lowest BCUT2D eigenvalue weighted by molar-refractivity contribution is 1.33.